The van der Waals surface area contributed by atoms with Crippen molar-refractivity contribution in [2.45, 2.75) is 58.9 Å². The van der Waals surface area contributed by atoms with Gasteiger partial charge in [0.2, 0.25) is 5.91 Å². The first kappa shape index (κ1) is 17.2. The van der Waals surface area contributed by atoms with Gasteiger partial charge in [-0.2, -0.15) is 0 Å². The lowest BCUT2D eigenvalue weighted by atomic mass is 10.0. The largest absolute Gasteiger partial charge is 0.356 e. The van der Waals surface area contributed by atoms with Gasteiger partial charge in [-0.3, -0.25) is 4.79 Å². The number of hydrogen-bond acceptors (Lipinski definition) is 7. The molecule has 0 bridgehead atoms. The molecule has 0 fully saturated rings. The van der Waals surface area contributed by atoms with Crippen molar-refractivity contribution in [2.75, 3.05) is 16.0 Å². The Morgan fingerprint density at radius 1 is 1.23 bits per heavy atom. The molecule has 1 unspecified atom stereocenters. The van der Waals surface area contributed by atoms with Crippen molar-refractivity contribution in [3.8, 4) is 0 Å². The second kappa shape index (κ2) is 6.83. The first-order valence-electron chi connectivity index (χ1n) is 9.21. The molecule has 0 saturated heterocycles. The molecular weight excluding hydrogens is 348 g/mol. The Kier molecular flexibility index (Phi) is 4.52. The fraction of sp³-hybridized carbons (Fsp3) is 0.556. The van der Waals surface area contributed by atoms with Crippen LogP contribution in [0.5, 0.6) is 0 Å². The summed E-state index contributed by atoms with van der Waals surface area (Å²) in [6.07, 6.45) is 5.34. The maximum absolute atomic E-state index is 12.5. The van der Waals surface area contributed by atoms with E-state index in [-0.39, 0.29) is 11.9 Å². The molecule has 0 radical (unpaired) electrons. The van der Waals surface area contributed by atoms with Crippen LogP contribution in [0.4, 0.5) is 22.5 Å². The van der Waals surface area contributed by atoms with Crippen LogP contribution >= 0.6 is 11.3 Å². The van der Waals surface area contributed by atoms with E-state index in [0.29, 0.717) is 29.1 Å². The molecule has 7 nitrogen and oxygen atoms in total. The zero-order chi connectivity index (χ0) is 18.3. The first-order chi connectivity index (χ1) is 12.5. The Balaban J connectivity index is 1.63. The smallest absolute Gasteiger partial charge is 0.247 e. The van der Waals surface area contributed by atoms with Crippen molar-refractivity contribution >= 4 is 39.7 Å². The van der Waals surface area contributed by atoms with E-state index in [1.807, 2.05) is 6.92 Å². The summed E-state index contributed by atoms with van der Waals surface area (Å²) in [5.74, 6) is 2.30. The second-order valence-electron chi connectivity index (χ2n) is 7.38. The summed E-state index contributed by atoms with van der Waals surface area (Å²) in [6.45, 7) is 6.06. The fourth-order valence-electron chi connectivity index (χ4n) is 3.47. The van der Waals surface area contributed by atoms with Gasteiger partial charge < -0.3 is 16.0 Å². The highest BCUT2D eigenvalue weighted by Gasteiger charge is 2.30. The van der Waals surface area contributed by atoms with Gasteiger partial charge >= 0.3 is 0 Å². The quantitative estimate of drug-likeness (QED) is 0.759. The van der Waals surface area contributed by atoms with Gasteiger partial charge in [0.15, 0.2) is 16.8 Å². The molecule has 4 rings (SSSR count). The summed E-state index contributed by atoms with van der Waals surface area (Å²) < 4.78 is 0. The topological polar surface area (TPSA) is 91.8 Å². The minimum absolute atomic E-state index is 0.0415. The summed E-state index contributed by atoms with van der Waals surface area (Å²) in [6, 6.07) is -0.267. The van der Waals surface area contributed by atoms with Crippen LogP contribution in [0.2, 0.25) is 0 Å². The molecule has 8 heteroatoms. The number of anilines is 4. The summed E-state index contributed by atoms with van der Waals surface area (Å²) in [7, 11) is 0. The summed E-state index contributed by atoms with van der Waals surface area (Å²) in [5.41, 5.74) is 1.80. The van der Waals surface area contributed by atoms with E-state index in [1.165, 1.54) is 23.4 Å². The zero-order valence-corrected chi connectivity index (χ0v) is 16.2. The molecule has 0 spiro atoms. The maximum Gasteiger partial charge on any atom is 0.247 e. The van der Waals surface area contributed by atoms with E-state index in [2.05, 4.69) is 39.8 Å². The van der Waals surface area contributed by atoms with Crippen molar-refractivity contribution in [3.05, 3.63) is 16.4 Å². The predicted molar refractivity (Wildman–Crippen MR) is 104 cm³/mol. The lowest BCUT2D eigenvalue weighted by molar-refractivity contribution is -0.117. The lowest BCUT2D eigenvalue weighted by Gasteiger charge is -2.28. The number of fused-ring (bicyclic) bond motifs is 2. The van der Waals surface area contributed by atoms with Crippen molar-refractivity contribution < 1.29 is 4.79 Å². The summed E-state index contributed by atoms with van der Waals surface area (Å²) >= 11 is 1.68. The molecule has 1 aliphatic carbocycles. The normalized spacial score (nSPS) is 18.8. The lowest BCUT2D eigenvalue weighted by Crippen LogP contribution is -2.40. The van der Waals surface area contributed by atoms with E-state index in [0.717, 1.165) is 24.4 Å². The van der Waals surface area contributed by atoms with Gasteiger partial charge in [0, 0.05) is 4.88 Å². The monoisotopic (exact) mass is 372 g/mol. The number of amides is 1. The van der Waals surface area contributed by atoms with Gasteiger partial charge in [0.05, 0.1) is 5.69 Å². The molecule has 3 heterocycles. The van der Waals surface area contributed by atoms with E-state index in [4.69, 9.17) is 4.98 Å². The Hall–Kier alpha value is -2.22. The molecule has 2 aromatic heterocycles. The molecule has 26 heavy (non-hydrogen) atoms. The fourth-order valence-corrected chi connectivity index (χ4v) is 4.52. The standard InChI is InChI=1S/C18H24N6OS/c1-9(2)8-12-17(25)23-14-15(21-12)19-10(3)20-16(14)24-18-22-11-6-4-5-7-13(11)26-18/h9,12H,4-8H2,1-3H3,(H,23,25)(H2,19,20,21,22,24). The molecule has 2 aromatic rings. The minimum Gasteiger partial charge on any atom is -0.356 e. The summed E-state index contributed by atoms with van der Waals surface area (Å²) in [5, 5.41) is 10.4. The van der Waals surface area contributed by atoms with Gasteiger partial charge in [0.1, 0.15) is 17.6 Å². The van der Waals surface area contributed by atoms with E-state index in [1.54, 1.807) is 11.3 Å². The number of carbonyl (C=O) groups excluding carboxylic acids is 1. The Morgan fingerprint density at radius 2 is 2.04 bits per heavy atom. The number of hydrogen-bond donors (Lipinski definition) is 3. The van der Waals surface area contributed by atoms with Gasteiger partial charge in [-0.05, 0) is 44.9 Å². The molecule has 2 aliphatic rings. The number of aryl methyl sites for hydroxylation is 3. The van der Waals surface area contributed by atoms with Crippen LogP contribution in [0.1, 0.15) is 49.5 Å². The number of aromatic nitrogens is 3. The number of nitrogens with zero attached hydrogens (tertiary/aromatic N) is 3. The third-order valence-electron chi connectivity index (χ3n) is 4.67. The minimum atomic E-state index is -0.267. The highest BCUT2D eigenvalue weighted by atomic mass is 32.1. The van der Waals surface area contributed by atoms with E-state index < -0.39 is 0 Å². The van der Waals surface area contributed by atoms with Crippen molar-refractivity contribution in [1.82, 2.24) is 15.0 Å². The van der Waals surface area contributed by atoms with Gasteiger partial charge in [-0.25, -0.2) is 15.0 Å². The van der Waals surface area contributed by atoms with Crippen LogP contribution in [-0.4, -0.2) is 26.9 Å². The highest BCUT2D eigenvalue weighted by Crippen LogP contribution is 2.36. The van der Waals surface area contributed by atoms with Crippen molar-refractivity contribution in [1.29, 1.82) is 0 Å². The molecular formula is C18H24N6OS. The van der Waals surface area contributed by atoms with Crippen molar-refractivity contribution in [2.24, 2.45) is 5.92 Å². The Morgan fingerprint density at radius 3 is 2.81 bits per heavy atom. The number of nitrogens with one attached hydrogen (secondary N) is 3. The van der Waals surface area contributed by atoms with Gasteiger partial charge in [0.25, 0.3) is 0 Å². The molecule has 0 saturated carbocycles. The van der Waals surface area contributed by atoms with Crippen molar-refractivity contribution in [3.63, 3.8) is 0 Å². The SMILES string of the molecule is Cc1nc(Nc2nc3c(s2)CCCC3)c2c(n1)NC(CC(C)C)C(=O)N2. The van der Waals surface area contributed by atoms with Crippen LogP contribution in [0.3, 0.4) is 0 Å². The Bertz CT molecular complexity index is 823. The third-order valence-corrected chi connectivity index (χ3v) is 5.75. The number of carbonyl (C=O) groups is 1. The number of thiazole rings is 1. The molecule has 1 amide bonds. The first-order valence-corrected chi connectivity index (χ1v) is 10.0. The highest BCUT2D eigenvalue weighted by molar-refractivity contribution is 7.15. The average Bonchev–Trinajstić information content (AvgIpc) is 2.98. The van der Waals surface area contributed by atoms with E-state index >= 15 is 0 Å². The van der Waals surface area contributed by atoms with E-state index in [9.17, 15) is 4.79 Å². The van der Waals surface area contributed by atoms with Gasteiger partial charge in [-0.1, -0.05) is 13.8 Å². The molecule has 3 N–H and O–H groups in total. The molecule has 1 aliphatic heterocycles. The molecule has 1 atom stereocenters. The predicted octanol–water partition coefficient (Wildman–Crippen LogP) is 3.64. The zero-order valence-electron chi connectivity index (χ0n) is 15.3. The van der Waals surface area contributed by atoms with Crippen LogP contribution in [0, 0.1) is 12.8 Å². The summed E-state index contributed by atoms with van der Waals surface area (Å²) in [4.78, 5) is 27.5. The van der Waals surface area contributed by atoms with Crippen LogP contribution in [0.25, 0.3) is 0 Å². The van der Waals surface area contributed by atoms with Gasteiger partial charge in [-0.15, -0.1) is 11.3 Å². The maximum atomic E-state index is 12.5. The van der Waals surface area contributed by atoms with Crippen LogP contribution < -0.4 is 16.0 Å². The second-order valence-corrected chi connectivity index (χ2v) is 8.46. The van der Waals surface area contributed by atoms with Crippen LogP contribution in [-0.2, 0) is 17.6 Å². The molecule has 0 aromatic carbocycles. The number of rotatable bonds is 4. The third kappa shape index (κ3) is 3.38. The Labute approximate surface area is 157 Å². The average molecular weight is 372 g/mol. The van der Waals surface area contributed by atoms with Crippen LogP contribution in [0.15, 0.2) is 0 Å². The molecule has 138 valence electrons.